The van der Waals surface area contributed by atoms with Crippen molar-refractivity contribution in [2.24, 2.45) is 5.92 Å². The van der Waals surface area contributed by atoms with Crippen molar-refractivity contribution in [1.82, 2.24) is 0 Å². The van der Waals surface area contributed by atoms with Crippen LogP contribution in [0.4, 0.5) is 0 Å². The molecule has 0 aliphatic heterocycles. The van der Waals surface area contributed by atoms with Crippen molar-refractivity contribution in [1.29, 1.82) is 0 Å². The Morgan fingerprint density at radius 3 is 0.796 bits per heavy atom. The molecule has 0 saturated carbocycles. The Bertz CT molecular complexity index is 2060. The van der Waals surface area contributed by atoms with Gasteiger partial charge in [-0.05, 0) is 57.3 Å². The number of phosphoric ester groups is 2. The molecule has 608 valence electrons. The molecule has 0 amide bonds. The van der Waals surface area contributed by atoms with E-state index in [1.54, 1.807) is 0 Å². The van der Waals surface area contributed by atoms with Gasteiger partial charge in [-0.2, -0.15) is 0 Å². The number of carbonyl (C=O) groups excluding carboxylic acids is 4. The van der Waals surface area contributed by atoms with E-state index in [0.717, 1.165) is 109 Å². The fourth-order valence-electron chi connectivity index (χ4n) is 12.6. The highest BCUT2D eigenvalue weighted by atomic mass is 31.2. The molecule has 0 aliphatic carbocycles. The minimum Gasteiger partial charge on any atom is -0.462 e. The number of esters is 4. The Labute approximate surface area is 631 Å². The second kappa shape index (κ2) is 76.3. The van der Waals surface area contributed by atoms with Gasteiger partial charge in [0.25, 0.3) is 0 Å². The number of unbranched alkanes of at least 4 members (excludes halogenated alkanes) is 51. The molecule has 17 nitrogen and oxygen atoms in total. The summed E-state index contributed by atoms with van der Waals surface area (Å²) in [5, 5.41) is 10.7. The largest absolute Gasteiger partial charge is 0.472 e. The minimum absolute atomic E-state index is 0.0856. The molecule has 0 bridgehead atoms. The van der Waals surface area contributed by atoms with E-state index in [2.05, 4.69) is 58.9 Å². The lowest BCUT2D eigenvalue weighted by atomic mass is 10.0. The van der Waals surface area contributed by atoms with E-state index in [4.69, 9.17) is 37.0 Å². The molecule has 0 aromatic heterocycles. The Balaban J connectivity index is 5.26. The van der Waals surface area contributed by atoms with Crippen molar-refractivity contribution in [2.75, 3.05) is 39.6 Å². The van der Waals surface area contributed by atoms with E-state index in [1.807, 2.05) is 0 Å². The molecule has 0 heterocycles. The lowest BCUT2D eigenvalue weighted by Crippen LogP contribution is -2.30. The number of phosphoric acid groups is 2. The number of carbonyl (C=O) groups is 4. The van der Waals surface area contributed by atoms with E-state index in [1.165, 1.54) is 238 Å². The van der Waals surface area contributed by atoms with E-state index < -0.39 is 97.5 Å². The molecule has 0 aliphatic rings. The predicted octanol–water partition coefficient (Wildman–Crippen LogP) is 25.1. The maximum atomic E-state index is 13.1. The Morgan fingerprint density at radius 2 is 0.524 bits per heavy atom. The van der Waals surface area contributed by atoms with Gasteiger partial charge in [-0.25, -0.2) is 9.13 Å². The summed E-state index contributed by atoms with van der Waals surface area (Å²) in [6.45, 7) is 7.30. The Kier molecular flexibility index (Phi) is 74.5. The van der Waals surface area contributed by atoms with Gasteiger partial charge in [0.15, 0.2) is 12.2 Å². The molecule has 103 heavy (non-hydrogen) atoms. The third-order valence-electron chi connectivity index (χ3n) is 19.2. The molecule has 0 spiro atoms. The summed E-state index contributed by atoms with van der Waals surface area (Å²) in [5.74, 6) is -1.33. The van der Waals surface area contributed by atoms with Crippen LogP contribution in [0.2, 0.25) is 0 Å². The maximum Gasteiger partial charge on any atom is 0.472 e. The van der Waals surface area contributed by atoms with Gasteiger partial charge in [-0.1, -0.05) is 374 Å². The zero-order chi connectivity index (χ0) is 75.5. The third-order valence-corrected chi connectivity index (χ3v) is 21.1. The first-order chi connectivity index (χ1) is 50.0. The van der Waals surface area contributed by atoms with Gasteiger partial charge in [-0.3, -0.25) is 37.3 Å². The van der Waals surface area contributed by atoms with Crippen LogP contribution in [0.1, 0.15) is 426 Å². The number of ether oxygens (including phenoxy) is 4. The van der Waals surface area contributed by atoms with Crippen LogP contribution in [0.25, 0.3) is 0 Å². The number of hydrogen-bond donors (Lipinski definition) is 3. The number of rotatable bonds is 82. The second-order valence-electron chi connectivity index (χ2n) is 30.0. The lowest BCUT2D eigenvalue weighted by molar-refractivity contribution is -0.161. The summed E-state index contributed by atoms with van der Waals surface area (Å²) >= 11 is 0. The first kappa shape index (κ1) is 101. The van der Waals surface area contributed by atoms with Crippen molar-refractivity contribution < 1.29 is 80.2 Å². The highest BCUT2D eigenvalue weighted by Gasteiger charge is 2.30. The molecular weight excluding hydrogens is 1340 g/mol. The van der Waals surface area contributed by atoms with Gasteiger partial charge >= 0.3 is 39.5 Å². The second-order valence-corrected chi connectivity index (χ2v) is 32.9. The fraction of sp³-hybridized carbons (Fsp3) is 0.905. The fourth-order valence-corrected chi connectivity index (χ4v) is 14.2. The quantitative estimate of drug-likeness (QED) is 0.0169. The highest BCUT2D eigenvalue weighted by Crippen LogP contribution is 2.45. The third kappa shape index (κ3) is 77.5. The van der Waals surface area contributed by atoms with Crippen LogP contribution < -0.4 is 0 Å². The van der Waals surface area contributed by atoms with E-state index in [-0.39, 0.29) is 25.7 Å². The summed E-state index contributed by atoms with van der Waals surface area (Å²) in [7, 11) is -9.93. The van der Waals surface area contributed by atoms with Crippen molar-refractivity contribution in [3.8, 4) is 0 Å². The molecule has 3 N–H and O–H groups in total. The summed E-state index contributed by atoms with van der Waals surface area (Å²) < 4.78 is 68.7. The topological polar surface area (TPSA) is 237 Å². The summed E-state index contributed by atoms with van der Waals surface area (Å²) in [5.41, 5.74) is 0. The molecule has 0 rings (SSSR count). The molecule has 0 fully saturated rings. The number of aliphatic hydroxyl groups is 1. The summed E-state index contributed by atoms with van der Waals surface area (Å²) in [6.07, 6.45) is 71.6. The number of allylic oxidation sites excluding steroid dienone is 4. The maximum absolute atomic E-state index is 13.1. The zero-order valence-corrected chi connectivity index (χ0v) is 68.7. The normalized spacial score (nSPS) is 14.0. The Morgan fingerprint density at radius 1 is 0.301 bits per heavy atom. The van der Waals surface area contributed by atoms with Crippen LogP contribution >= 0.6 is 15.6 Å². The lowest BCUT2D eigenvalue weighted by Gasteiger charge is -2.21. The van der Waals surface area contributed by atoms with E-state index in [0.29, 0.717) is 25.7 Å². The summed E-state index contributed by atoms with van der Waals surface area (Å²) in [4.78, 5) is 73.1. The average Bonchev–Trinajstić information content (AvgIpc) is 0.981. The SMILES string of the molecule is CCCCCC/C=C\C=C/CCCCCCCC(=O)O[C@H](COC(=O)CCCCCCCCCCCC)COP(=O)(O)OC[C@H](O)COP(=O)(O)OC[C@@H](COC(=O)CCCCCCCCCCCCCCCCCC(C)C)OC(=O)CCCCCCCCCCCCCCCCCCCCCC. The predicted molar refractivity (Wildman–Crippen MR) is 423 cm³/mol. The first-order valence-electron chi connectivity index (χ1n) is 43.0. The van der Waals surface area contributed by atoms with Crippen LogP contribution in [0.15, 0.2) is 24.3 Å². The van der Waals surface area contributed by atoms with Crippen molar-refractivity contribution in [3.63, 3.8) is 0 Å². The average molecular weight is 1500 g/mol. The van der Waals surface area contributed by atoms with Crippen molar-refractivity contribution in [2.45, 2.75) is 445 Å². The molecule has 0 radical (unpaired) electrons. The highest BCUT2D eigenvalue weighted by molar-refractivity contribution is 7.47. The zero-order valence-electron chi connectivity index (χ0n) is 66.9. The van der Waals surface area contributed by atoms with Gasteiger partial charge in [0.05, 0.1) is 26.4 Å². The standard InChI is InChI=1S/C84H160O17P2/c1-6-9-12-15-18-21-24-26-28-29-30-31-32-36-41-45-50-55-60-65-70-84(89)101-80(74-95-82(87)68-63-58-53-48-43-39-37-33-35-38-42-46-51-56-61-66-77(4)5)76-99-103(92,93)97-72-78(85)71-96-102(90,91)98-75-79(73-94-81(86)67-62-57-52-47-23-20-17-14-11-8-3)100-83(88)69-64-59-54-49-44-40-34-27-25-22-19-16-13-10-7-2/h22,25,27,34,77-80,85H,6-21,23-24,26,28-33,35-76H2,1-5H3,(H,90,91)(H,92,93)/b25-22-,34-27-/t78-,79+,80+/m0/s1. The van der Waals surface area contributed by atoms with Crippen molar-refractivity contribution >= 4 is 39.5 Å². The molecular formula is C84H160O17P2. The monoisotopic (exact) mass is 1500 g/mol. The van der Waals surface area contributed by atoms with Crippen LogP contribution in [0.5, 0.6) is 0 Å². The van der Waals surface area contributed by atoms with E-state index in [9.17, 15) is 43.2 Å². The summed E-state index contributed by atoms with van der Waals surface area (Å²) in [6, 6.07) is 0. The van der Waals surface area contributed by atoms with Crippen molar-refractivity contribution in [3.05, 3.63) is 24.3 Å². The smallest absolute Gasteiger partial charge is 0.462 e. The number of hydrogen-bond acceptors (Lipinski definition) is 15. The van der Waals surface area contributed by atoms with Gasteiger partial charge < -0.3 is 33.8 Å². The molecule has 5 atom stereocenters. The van der Waals surface area contributed by atoms with Gasteiger partial charge in [0.2, 0.25) is 0 Å². The molecule has 0 aromatic rings. The van der Waals surface area contributed by atoms with Crippen LogP contribution in [0.3, 0.4) is 0 Å². The van der Waals surface area contributed by atoms with E-state index >= 15 is 0 Å². The van der Waals surface area contributed by atoms with Crippen LogP contribution in [0, 0.1) is 5.92 Å². The molecule has 0 saturated heterocycles. The van der Waals surface area contributed by atoms with Crippen LogP contribution in [-0.2, 0) is 65.4 Å². The Hall–Kier alpha value is -2.46. The van der Waals surface area contributed by atoms with Gasteiger partial charge in [-0.15, -0.1) is 0 Å². The first-order valence-corrected chi connectivity index (χ1v) is 45.9. The number of aliphatic hydroxyl groups excluding tert-OH is 1. The van der Waals surface area contributed by atoms with Crippen LogP contribution in [-0.4, -0.2) is 96.7 Å². The minimum atomic E-state index is -4.97. The molecule has 2 unspecified atom stereocenters. The molecule has 0 aromatic carbocycles. The molecule has 19 heteroatoms. The van der Waals surface area contributed by atoms with Gasteiger partial charge in [0, 0.05) is 25.7 Å². The van der Waals surface area contributed by atoms with Gasteiger partial charge in [0.1, 0.15) is 19.3 Å².